The van der Waals surface area contributed by atoms with Crippen LogP contribution in [0.25, 0.3) is 6.08 Å². The van der Waals surface area contributed by atoms with Gasteiger partial charge in [-0.15, -0.1) is 11.3 Å². The highest BCUT2D eigenvalue weighted by atomic mass is 35.5. The number of thiophene rings is 1. The van der Waals surface area contributed by atoms with Crippen molar-refractivity contribution in [3.63, 3.8) is 0 Å². The van der Waals surface area contributed by atoms with Crippen LogP contribution in [0.1, 0.15) is 37.5 Å². The summed E-state index contributed by atoms with van der Waals surface area (Å²) in [5.41, 5.74) is 4.52. The molecule has 0 N–H and O–H groups in total. The minimum absolute atomic E-state index is 0.0911. The standard InChI is InChI=1S/C24H19Cl2NO3S/c1-13-5-6-31-21(13)9-20-22(28)18-7-16-11-27(10-15-3-4-17(25)8-19(15)26)12-29-23(16)14(2)24(18)30-20/h3-9H,10-12H2,1-2H3/b20-9-. The molecule has 0 saturated carbocycles. The summed E-state index contributed by atoms with van der Waals surface area (Å²) in [5, 5.41) is 3.25. The lowest BCUT2D eigenvalue weighted by Gasteiger charge is -2.30. The molecule has 1 aromatic heterocycles. The molecular weight excluding hydrogens is 453 g/mol. The molecule has 3 heterocycles. The number of aryl methyl sites for hydroxylation is 1. The second-order valence-electron chi connectivity index (χ2n) is 7.77. The van der Waals surface area contributed by atoms with Gasteiger partial charge in [-0.3, -0.25) is 9.69 Å². The molecule has 0 saturated heterocycles. The van der Waals surface area contributed by atoms with Gasteiger partial charge in [0, 0.05) is 45.2 Å². The van der Waals surface area contributed by atoms with Crippen LogP contribution < -0.4 is 9.47 Å². The van der Waals surface area contributed by atoms with Crippen molar-refractivity contribution in [3.8, 4) is 11.5 Å². The van der Waals surface area contributed by atoms with E-state index in [0.717, 1.165) is 32.9 Å². The predicted octanol–water partition coefficient (Wildman–Crippen LogP) is 6.64. The van der Waals surface area contributed by atoms with Gasteiger partial charge in [-0.2, -0.15) is 0 Å². The average molecular weight is 472 g/mol. The fourth-order valence-corrected chi connectivity index (χ4v) is 5.26. The highest BCUT2D eigenvalue weighted by Crippen LogP contribution is 2.43. The van der Waals surface area contributed by atoms with Crippen LogP contribution in [-0.2, 0) is 13.1 Å². The molecule has 3 aromatic rings. The molecule has 4 nitrogen and oxygen atoms in total. The Bertz CT molecular complexity index is 1250. The first-order chi connectivity index (χ1) is 14.9. The van der Waals surface area contributed by atoms with Crippen molar-refractivity contribution in [2.45, 2.75) is 26.9 Å². The van der Waals surface area contributed by atoms with E-state index in [-0.39, 0.29) is 5.78 Å². The maximum Gasteiger partial charge on any atom is 0.232 e. The lowest BCUT2D eigenvalue weighted by Crippen LogP contribution is -2.32. The molecular formula is C24H19Cl2NO3S. The normalized spacial score (nSPS) is 16.8. The molecule has 2 aliphatic rings. The first kappa shape index (κ1) is 20.6. The van der Waals surface area contributed by atoms with Crippen LogP contribution in [-0.4, -0.2) is 17.4 Å². The molecule has 0 amide bonds. The Morgan fingerprint density at radius 2 is 2.00 bits per heavy atom. The molecule has 0 radical (unpaired) electrons. The second kappa shape index (κ2) is 7.99. The zero-order chi connectivity index (χ0) is 21.7. The number of benzene rings is 2. The largest absolute Gasteiger partial charge is 0.477 e. The van der Waals surface area contributed by atoms with Gasteiger partial charge in [0.2, 0.25) is 5.78 Å². The Labute approximate surface area is 194 Å². The van der Waals surface area contributed by atoms with E-state index in [1.165, 1.54) is 0 Å². The fourth-order valence-electron chi connectivity index (χ4n) is 3.94. The van der Waals surface area contributed by atoms with Gasteiger partial charge < -0.3 is 9.47 Å². The van der Waals surface area contributed by atoms with Crippen molar-refractivity contribution in [2.75, 3.05) is 6.73 Å². The first-order valence-electron chi connectivity index (χ1n) is 9.84. The molecule has 31 heavy (non-hydrogen) atoms. The minimum Gasteiger partial charge on any atom is -0.477 e. The van der Waals surface area contributed by atoms with Crippen LogP contribution in [0.4, 0.5) is 0 Å². The summed E-state index contributed by atoms with van der Waals surface area (Å²) in [7, 11) is 0. The Kier molecular flexibility index (Phi) is 5.30. The molecule has 0 spiro atoms. The van der Waals surface area contributed by atoms with E-state index in [1.807, 2.05) is 49.6 Å². The minimum atomic E-state index is -0.0911. The van der Waals surface area contributed by atoms with E-state index in [1.54, 1.807) is 17.4 Å². The predicted molar refractivity (Wildman–Crippen MR) is 124 cm³/mol. The highest BCUT2D eigenvalue weighted by molar-refractivity contribution is 7.11. The van der Waals surface area contributed by atoms with Crippen LogP contribution in [0.5, 0.6) is 11.5 Å². The zero-order valence-electron chi connectivity index (χ0n) is 17.0. The van der Waals surface area contributed by atoms with Crippen molar-refractivity contribution in [2.24, 2.45) is 0 Å². The second-order valence-corrected chi connectivity index (χ2v) is 9.56. The van der Waals surface area contributed by atoms with Crippen LogP contribution in [0.3, 0.4) is 0 Å². The number of hydrogen-bond acceptors (Lipinski definition) is 5. The van der Waals surface area contributed by atoms with E-state index in [0.29, 0.717) is 46.9 Å². The monoisotopic (exact) mass is 471 g/mol. The van der Waals surface area contributed by atoms with Gasteiger partial charge >= 0.3 is 0 Å². The SMILES string of the molecule is Cc1ccsc1/C=C1\Oc2c(cc3c(c2C)OCN(Cc2ccc(Cl)cc2Cl)C3)C1=O. The van der Waals surface area contributed by atoms with Gasteiger partial charge in [-0.25, -0.2) is 0 Å². The molecule has 7 heteroatoms. The number of ether oxygens (including phenoxy) is 2. The molecule has 5 rings (SSSR count). The maximum absolute atomic E-state index is 13.0. The van der Waals surface area contributed by atoms with Crippen LogP contribution in [0, 0.1) is 13.8 Å². The molecule has 2 aromatic carbocycles. The van der Waals surface area contributed by atoms with Crippen LogP contribution >= 0.6 is 34.5 Å². The molecule has 0 unspecified atom stereocenters. The van der Waals surface area contributed by atoms with Gasteiger partial charge in [0.05, 0.1) is 5.56 Å². The van der Waals surface area contributed by atoms with Crippen molar-refractivity contribution in [3.05, 3.63) is 84.2 Å². The molecule has 0 bridgehead atoms. The molecule has 2 aliphatic heterocycles. The van der Waals surface area contributed by atoms with E-state index in [2.05, 4.69) is 4.90 Å². The van der Waals surface area contributed by atoms with E-state index < -0.39 is 0 Å². The van der Waals surface area contributed by atoms with E-state index >= 15 is 0 Å². The highest BCUT2D eigenvalue weighted by Gasteiger charge is 2.33. The Hall–Kier alpha value is -2.31. The van der Waals surface area contributed by atoms with Gasteiger partial charge in [0.25, 0.3) is 0 Å². The Morgan fingerprint density at radius 1 is 1.16 bits per heavy atom. The zero-order valence-corrected chi connectivity index (χ0v) is 19.3. The summed E-state index contributed by atoms with van der Waals surface area (Å²) in [6.45, 7) is 5.67. The number of Topliss-reactive ketones (excluding diaryl/α,β-unsaturated/α-hetero) is 1. The summed E-state index contributed by atoms with van der Waals surface area (Å²) in [6.07, 6.45) is 1.83. The van der Waals surface area contributed by atoms with Crippen molar-refractivity contribution in [1.82, 2.24) is 4.90 Å². The summed E-state index contributed by atoms with van der Waals surface area (Å²) in [4.78, 5) is 16.2. The third kappa shape index (κ3) is 3.76. The van der Waals surface area contributed by atoms with Gasteiger partial charge in [0.1, 0.15) is 18.2 Å². The first-order valence-corrected chi connectivity index (χ1v) is 11.5. The molecule has 0 aliphatic carbocycles. The Balaban J connectivity index is 1.43. The lowest BCUT2D eigenvalue weighted by molar-refractivity contribution is 0.0877. The van der Waals surface area contributed by atoms with Crippen LogP contribution in [0.15, 0.2) is 41.5 Å². The molecule has 0 atom stereocenters. The third-order valence-corrected chi connectivity index (χ3v) is 7.13. The molecule has 158 valence electrons. The number of halogens is 2. The van der Waals surface area contributed by atoms with E-state index in [9.17, 15) is 4.79 Å². The van der Waals surface area contributed by atoms with Gasteiger partial charge in [-0.05, 0) is 54.6 Å². The summed E-state index contributed by atoms with van der Waals surface area (Å²) in [5.74, 6) is 1.65. The number of carbonyl (C=O) groups excluding carboxylic acids is 1. The fraction of sp³-hybridized carbons (Fsp3) is 0.208. The Morgan fingerprint density at radius 3 is 2.74 bits per heavy atom. The number of rotatable bonds is 3. The van der Waals surface area contributed by atoms with Gasteiger partial charge in [-0.1, -0.05) is 29.3 Å². The number of allylic oxidation sites excluding steroid dienone is 1. The quantitative estimate of drug-likeness (QED) is 0.401. The topological polar surface area (TPSA) is 38.8 Å². The van der Waals surface area contributed by atoms with Gasteiger partial charge in [0.15, 0.2) is 5.76 Å². The van der Waals surface area contributed by atoms with Crippen molar-refractivity contribution < 1.29 is 14.3 Å². The summed E-state index contributed by atoms with van der Waals surface area (Å²) in [6, 6.07) is 9.43. The van der Waals surface area contributed by atoms with Crippen molar-refractivity contribution in [1.29, 1.82) is 0 Å². The molecule has 0 fully saturated rings. The van der Waals surface area contributed by atoms with E-state index in [4.69, 9.17) is 32.7 Å². The summed E-state index contributed by atoms with van der Waals surface area (Å²) >= 11 is 13.9. The summed E-state index contributed by atoms with van der Waals surface area (Å²) < 4.78 is 12.1. The number of ketones is 1. The number of hydrogen-bond donors (Lipinski definition) is 0. The number of fused-ring (bicyclic) bond motifs is 2. The third-order valence-electron chi connectivity index (χ3n) is 5.57. The maximum atomic E-state index is 13.0. The average Bonchev–Trinajstić information content (AvgIpc) is 3.28. The smallest absolute Gasteiger partial charge is 0.232 e. The lowest BCUT2D eigenvalue weighted by atomic mass is 10.00. The number of nitrogens with zero attached hydrogens (tertiary/aromatic N) is 1. The van der Waals surface area contributed by atoms with Crippen LogP contribution in [0.2, 0.25) is 10.0 Å². The van der Waals surface area contributed by atoms with Crippen molar-refractivity contribution >= 4 is 46.4 Å². The number of carbonyl (C=O) groups is 1.